The molecule has 8 heteroatoms. The molecule has 1 N–H and O–H groups in total. The Morgan fingerprint density at radius 3 is 2.32 bits per heavy atom. The summed E-state index contributed by atoms with van der Waals surface area (Å²) in [5.74, 6) is -3.67. The maximum atomic E-state index is 12.9. The predicted molar refractivity (Wildman–Crippen MR) is 55.4 cm³/mol. The summed E-state index contributed by atoms with van der Waals surface area (Å²) in [7, 11) is 0. The van der Waals surface area contributed by atoms with Crippen molar-refractivity contribution in [2.45, 2.75) is 6.18 Å². The lowest BCUT2D eigenvalue weighted by Gasteiger charge is -2.23. The highest BCUT2D eigenvalue weighted by molar-refractivity contribution is 5.94. The second kappa shape index (κ2) is 5.96. The Labute approximate surface area is 105 Å². The monoisotopic (exact) mass is 283 g/mol. The van der Waals surface area contributed by atoms with Gasteiger partial charge in [0.25, 0.3) is 5.91 Å². The van der Waals surface area contributed by atoms with Crippen molar-refractivity contribution in [1.82, 2.24) is 4.90 Å². The van der Waals surface area contributed by atoms with E-state index in [4.69, 9.17) is 5.11 Å². The van der Waals surface area contributed by atoms with Gasteiger partial charge in [0.1, 0.15) is 6.54 Å². The molecule has 0 fully saturated rings. The van der Waals surface area contributed by atoms with Crippen molar-refractivity contribution >= 4 is 5.91 Å². The SMILES string of the molecule is O=C(c1ccc(F)c(F)c1)N(CCO)CC(F)(F)F. The summed E-state index contributed by atoms with van der Waals surface area (Å²) in [4.78, 5) is 12.0. The van der Waals surface area contributed by atoms with Crippen molar-refractivity contribution < 1.29 is 31.9 Å². The van der Waals surface area contributed by atoms with Crippen LogP contribution in [0.3, 0.4) is 0 Å². The number of carbonyl (C=O) groups excluding carboxylic acids is 1. The number of hydrogen-bond acceptors (Lipinski definition) is 2. The standard InChI is InChI=1S/C11H10F5NO2/c12-8-2-1-7(5-9(8)13)10(19)17(3-4-18)6-11(14,15)16/h1-2,5,18H,3-4,6H2. The Balaban J connectivity index is 2.95. The first-order valence-corrected chi connectivity index (χ1v) is 5.16. The summed E-state index contributed by atoms with van der Waals surface area (Å²) in [5.41, 5.74) is -0.420. The summed E-state index contributed by atoms with van der Waals surface area (Å²) in [5, 5.41) is 8.63. The molecule has 0 unspecified atom stereocenters. The van der Waals surface area contributed by atoms with E-state index < -0.39 is 49.0 Å². The minimum Gasteiger partial charge on any atom is -0.395 e. The van der Waals surface area contributed by atoms with E-state index in [9.17, 15) is 26.7 Å². The molecule has 1 rings (SSSR count). The Morgan fingerprint density at radius 1 is 1.21 bits per heavy atom. The fraction of sp³-hybridized carbons (Fsp3) is 0.364. The molecule has 0 aliphatic heterocycles. The van der Waals surface area contributed by atoms with Crippen LogP contribution in [0, 0.1) is 11.6 Å². The third-order valence-corrected chi connectivity index (χ3v) is 2.19. The van der Waals surface area contributed by atoms with Crippen LogP contribution in [0.1, 0.15) is 10.4 Å². The van der Waals surface area contributed by atoms with Gasteiger partial charge in [-0.25, -0.2) is 8.78 Å². The molecule has 0 atom stereocenters. The summed E-state index contributed by atoms with van der Waals surface area (Å²) >= 11 is 0. The molecule has 0 radical (unpaired) electrons. The van der Waals surface area contributed by atoms with Crippen molar-refractivity contribution in [2.75, 3.05) is 19.7 Å². The molecule has 1 aromatic carbocycles. The number of halogens is 5. The van der Waals surface area contributed by atoms with Crippen molar-refractivity contribution in [2.24, 2.45) is 0 Å². The van der Waals surface area contributed by atoms with E-state index >= 15 is 0 Å². The van der Waals surface area contributed by atoms with Gasteiger partial charge >= 0.3 is 6.18 Å². The van der Waals surface area contributed by atoms with Crippen LogP contribution in [-0.4, -0.2) is 41.8 Å². The van der Waals surface area contributed by atoms with E-state index in [2.05, 4.69) is 0 Å². The molecular weight excluding hydrogens is 273 g/mol. The lowest BCUT2D eigenvalue weighted by molar-refractivity contribution is -0.141. The zero-order valence-corrected chi connectivity index (χ0v) is 9.55. The molecule has 3 nitrogen and oxygen atoms in total. The number of nitrogens with zero attached hydrogens (tertiary/aromatic N) is 1. The highest BCUT2D eigenvalue weighted by Crippen LogP contribution is 2.18. The third kappa shape index (κ3) is 4.47. The first-order valence-electron chi connectivity index (χ1n) is 5.16. The second-order valence-electron chi connectivity index (χ2n) is 3.69. The topological polar surface area (TPSA) is 40.5 Å². The second-order valence-corrected chi connectivity index (χ2v) is 3.69. The van der Waals surface area contributed by atoms with Gasteiger partial charge in [0.05, 0.1) is 6.61 Å². The highest BCUT2D eigenvalue weighted by atomic mass is 19.4. The molecule has 0 aromatic heterocycles. The average Bonchev–Trinajstić information content (AvgIpc) is 2.29. The molecule has 0 aliphatic rings. The Kier molecular flexibility index (Phi) is 4.82. The zero-order chi connectivity index (χ0) is 14.6. The Hall–Kier alpha value is -1.70. The van der Waals surface area contributed by atoms with E-state index in [1.165, 1.54) is 0 Å². The number of aliphatic hydroxyl groups excluding tert-OH is 1. The van der Waals surface area contributed by atoms with Crippen LogP contribution in [-0.2, 0) is 0 Å². The summed E-state index contributed by atoms with van der Waals surface area (Å²) < 4.78 is 62.3. The first kappa shape index (κ1) is 15.4. The normalized spacial score (nSPS) is 11.5. The number of alkyl halides is 3. The lowest BCUT2D eigenvalue weighted by atomic mass is 10.2. The molecule has 0 aliphatic carbocycles. The van der Waals surface area contributed by atoms with Crippen LogP contribution in [0.25, 0.3) is 0 Å². The van der Waals surface area contributed by atoms with Crippen LogP contribution in [0.15, 0.2) is 18.2 Å². The van der Waals surface area contributed by atoms with Gasteiger partial charge in [-0.2, -0.15) is 13.2 Å². The fourth-order valence-electron chi connectivity index (χ4n) is 1.40. The summed E-state index contributed by atoms with van der Waals surface area (Å²) in [6, 6.07) is 2.03. The molecular formula is C11H10F5NO2. The van der Waals surface area contributed by atoms with Crippen molar-refractivity contribution in [3.63, 3.8) is 0 Å². The Bertz CT molecular complexity index is 461. The molecule has 0 heterocycles. The van der Waals surface area contributed by atoms with E-state index in [0.717, 1.165) is 6.07 Å². The predicted octanol–water partition coefficient (Wildman–Crippen LogP) is 1.96. The van der Waals surface area contributed by atoms with Crippen LogP contribution >= 0.6 is 0 Å². The average molecular weight is 283 g/mol. The largest absolute Gasteiger partial charge is 0.406 e. The van der Waals surface area contributed by atoms with Gasteiger partial charge in [-0.15, -0.1) is 0 Å². The van der Waals surface area contributed by atoms with E-state index in [1.807, 2.05) is 0 Å². The molecule has 0 saturated carbocycles. The minimum absolute atomic E-state index is 0.312. The van der Waals surface area contributed by atoms with Crippen LogP contribution < -0.4 is 0 Å². The van der Waals surface area contributed by atoms with E-state index in [1.54, 1.807) is 0 Å². The number of carbonyl (C=O) groups is 1. The highest BCUT2D eigenvalue weighted by Gasteiger charge is 2.33. The van der Waals surface area contributed by atoms with Gasteiger partial charge in [0.2, 0.25) is 0 Å². The molecule has 0 saturated heterocycles. The number of amides is 1. The maximum absolute atomic E-state index is 12.9. The van der Waals surface area contributed by atoms with Crippen molar-refractivity contribution in [1.29, 1.82) is 0 Å². The van der Waals surface area contributed by atoms with Crippen LogP contribution in [0.5, 0.6) is 0 Å². The molecule has 0 spiro atoms. The van der Waals surface area contributed by atoms with Gasteiger partial charge in [0, 0.05) is 12.1 Å². The van der Waals surface area contributed by atoms with Gasteiger partial charge in [-0.1, -0.05) is 0 Å². The maximum Gasteiger partial charge on any atom is 0.406 e. The quantitative estimate of drug-likeness (QED) is 0.858. The fourth-order valence-corrected chi connectivity index (χ4v) is 1.40. The lowest BCUT2D eigenvalue weighted by Crippen LogP contribution is -2.40. The smallest absolute Gasteiger partial charge is 0.395 e. The summed E-state index contributed by atoms with van der Waals surface area (Å²) in [6.45, 7) is -2.81. The van der Waals surface area contributed by atoms with Crippen molar-refractivity contribution in [3.8, 4) is 0 Å². The minimum atomic E-state index is -4.65. The van der Waals surface area contributed by atoms with Gasteiger partial charge in [-0.05, 0) is 18.2 Å². The van der Waals surface area contributed by atoms with Crippen LogP contribution in [0.2, 0.25) is 0 Å². The first-order chi connectivity index (χ1) is 8.74. The van der Waals surface area contributed by atoms with Crippen LogP contribution in [0.4, 0.5) is 22.0 Å². The Morgan fingerprint density at radius 2 is 1.84 bits per heavy atom. The number of hydrogen-bond donors (Lipinski definition) is 1. The molecule has 1 aromatic rings. The number of benzene rings is 1. The van der Waals surface area contributed by atoms with Crippen molar-refractivity contribution in [3.05, 3.63) is 35.4 Å². The third-order valence-electron chi connectivity index (χ3n) is 2.19. The van der Waals surface area contributed by atoms with Gasteiger partial charge < -0.3 is 10.0 Å². The number of aliphatic hydroxyl groups is 1. The van der Waals surface area contributed by atoms with E-state index in [-0.39, 0.29) is 0 Å². The van der Waals surface area contributed by atoms with Gasteiger partial charge in [-0.3, -0.25) is 4.79 Å². The van der Waals surface area contributed by atoms with Gasteiger partial charge in [0.15, 0.2) is 11.6 Å². The molecule has 0 bridgehead atoms. The molecule has 19 heavy (non-hydrogen) atoms. The number of rotatable bonds is 4. The molecule has 1 amide bonds. The summed E-state index contributed by atoms with van der Waals surface area (Å²) in [6.07, 6.45) is -4.65. The van der Waals surface area contributed by atoms with E-state index in [0.29, 0.717) is 17.0 Å². The molecule has 106 valence electrons. The zero-order valence-electron chi connectivity index (χ0n) is 9.55.